The standard InChI is InChI=1S/C8H12O3/c1-2-7(10)6-8(11)4-3-5-9/h5H,2-4,6H2,1H3. The topological polar surface area (TPSA) is 51.2 Å². The number of hydrogen-bond donors (Lipinski definition) is 0. The molecule has 0 spiro atoms. The fraction of sp³-hybridized carbons (Fsp3) is 0.625. The summed E-state index contributed by atoms with van der Waals surface area (Å²) in [6.45, 7) is 1.72. The normalized spacial score (nSPS) is 9.18. The lowest BCUT2D eigenvalue weighted by Crippen LogP contribution is -2.06. The van der Waals surface area contributed by atoms with Crippen LogP contribution in [0.15, 0.2) is 0 Å². The lowest BCUT2D eigenvalue weighted by Gasteiger charge is -1.93. The molecule has 62 valence electrons. The second kappa shape index (κ2) is 5.77. The Balaban J connectivity index is 3.51. The average molecular weight is 156 g/mol. The zero-order valence-corrected chi connectivity index (χ0v) is 6.63. The summed E-state index contributed by atoms with van der Waals surface area (Å²) in [5, 5.41) is 0. The van der Waals surface area contributed by atoms with Gasteiger partial charge in [0.2, 0.25) is 0 Å². The van der Waals surface area contributed by atoms with E-state index in [0.717, 1.165) is 0 Å². The summed E-state index contributed by atoms with van der Waals surface area (Å²) in [5.74, 6) is -0.190. The Morgan fingerprint density at radius 3 is 2.36 bits per heavy atom. The first kappa shape index (κ1) is 10.0. The Kier molecular flexibility index (Phi) is 5.25. The van der Waals surface area contributed by atoms with Crippen LogP contribution in [-0.2, 0) is 14.4 Å². The van der Waals surface area contributed by atoms with Crippen molar-refractivity contribution in [3.8, 4) is 0 Å². The maximum absolute atomic E-state index is 10.8. The molecule has 0 aromatic heterocycles. The fourth-order valence-electron chi connectivity index (χ4n) is 0.653. The summed E-state index contributed by atoms with van der Waals surface area (Å²) in [4.78, 5) is 31.3. The van der Waals surface area contributed by atoms with Gasteiger partial charge in [-0.25, -0.2) is 0 Å². The van der Waals surface area contributed by atoms with Gasteiger partial charge in [-0.15, -0.1) is 0 Å². The van der Waals surface area contributed by atoms with Crippen LogP contribution in [0.4, 0.5) is 0 Å². The molecule has 11 heavy (non-hydrogen) atoms. The predicted octanol–water partition coefficient (Wildman–Crippen LogP) is 0.904. The molecule has 3 nitrogen and oxygen atoms in total. The second-order valence-electron chi connectivity index (χ2n) is 2.31. The lowest BCUT2D eigenvalue weighted by molar-refractivity contribution is -0.127. The van der Waals surface area contributed by atoms with Gasteiger partial charge in [-0.1, -0.05) is 6.92 Å². The van der Waals surface area contributed by atoms with Crippen molar-refractivity contribution in [2.45, 2.75) is 32.6 Å². The quantitative estimate of drug-likeness (QED) is 0.424. The largest absolute Gasteiger partial charge is 0.303 e. The van der Waals surface area contributed by atoms with Crippen molar-refractivity contribution in [1.29, 1.82) is 0 Å². The van der Waals surface area contributed by atoms with Gasteiger partial charge in [0.05, 0.1) is 6.42 Å². The third kappa shape index (κ3) is 5.45. The summed E-state index contributed by atoms with van der Waals surface area (Å²) in [5.41, 5.74) is 0. The molecule has 3 heteroatoms. The highest BCUT2D eigenvalue weighted by Gasteiger charge is 2.06. The first-order chi connectivity index (χ1) is 5.20. The van der Waals surface area contributed by atoms with Crippen LogP contribution in [0.2, 0.25) is 0 Å². The molecule has 0 unspecified atom stereocenters. The van der Waals surface area contributed by atoms with E-state index in [2.05, 4.69) is 0 Å². The minimum absolute atomic E-state index is 0.00958. The second-order valence-corrected chi connectivity index (χ2v) is 2.31. The average Bonchev–Trinajstić information content (AvgIpc) is 2.00. The fourth-order valence-corrected chi connectivity index (χ4v) is 0.653. The smallest absolute Gasteiger partial charge is 0.140 e. The zero-order chi connectivity index (χ0) is 8.69. The van der Waals surface area contributed by atoms with Gasteiger partial charge in [-0.05, 0) is 0 Å². The maximum Gasteiger partial charge on any atom is 0.140 e. The van der Waals surface area contributed by atoms with E-state index < -0.39 is 0 Å². The molecule has 0 heterocycles. The van der Waals surface area contributed by atoms with E-state index in [1.54, 1.807) is 6.92 Å². The lowest BCUT2D eigenvalue weighted by atomic mass is 10.1. The Labute approximate surface area is 65.8 Å². The molecule has 0 saturated carbocycles. The molecule has 0 N–H and O–H groups in total. The zero-order valence-electron chi connectivity index (χ0n) is 6.63. The van der Waals surface area contributed by atoms with Crippen molar-refractivity contribution in [1.82, 2.24) is 0 Å². The van der Waals surface area contributed by atoms with Crippen molar-refractivity contribution >= 4 is 17.9 Å². The van der Waals surface area contributed by atoms with Gasteiger partial charge >= 0.3 is 0 Å². The van der Waals surface area contributed by atoms with Gasteiger partial charge in [0.25, 0.3) is 0 Å². The highest BCUT2D eigenvalue weighted by Crippen LogP contribution is 1.96. The molecule has 0 fully saturated rings. The van der Waals surface area contributed by atoms with Gasteiger partial charge in [0.15, 0.2) is 0 Å². The monoisotopic (exact) mass is 156 g/mol. The maximum atomic E-state index is 10.8. The van der Waals surface area contributed by atoms with Crippen molar-refractivity contribution in [3.05, 3.63) is 0 Å². The third-order valence-corrected chi connectivity index (χ3v) is 1.33. The molecule has 0 aliphatic carbocycles. The van der Waals surface area contributed by atoms with Crippen molar-refractivity contribution in [2.24, 2.45) is 0 Å². The minimum atomic E-state index is -0.135. The molecular formula is C8H12O3. The molecular weight excluding hydrogens is 144 g/mol. The molecule has 0 rings (SSSR count). The molecule has 0 aliphatic rings. The molecule has 0 aromatic carbocycles. The van der Waals surface area contributed by atoms with Crippen LogP contribution >= 0.6 is 0 Å². The van der Waals surface area contributed by atoms with Gasteiger partial charge in [0.1, 0.15) is 17.9 Å². The SMILES string of the molecule is CCC(=O)CC(=O)CCC=O. The van der Waals surface area contributed by atoms with Crippen molar-refractivity contribution in [2.75, 3.05) is 0 Å². The number of ketones is 2. The highest BCUT2D eigenvalue weighted by molar-refractivity contribution is 5.99. The van der Waals surface area contributed by atoms with Gasteiger partial charge in [-0.3, -0.25) is 9.59 Å². The Bertz CT molecular complexity index is 161. The van der Waals surface area contributed by atoms with Crippen LogP contribution in [0.1, 0.15) is 32.6 Å². The van der Waals surface area contributed by atoms with Gasteiger partial charge in [0, 0.05) is 19.3 Å². The Morgan fingerprint density at radius 1 is 1.27 bits per heavy atom. The summed E-state index contributed by atoms with van der Waals surface area (Å²) < 4.78 is 0. The first-order valence-corrected chi connectivity index (χ1v) is 3.67. The van der Waals surface area contributed by atoms with Crippen LogP contribution in [0, 0.1) is 0 Å². The van der Waals surface area contributed by atoms with E-state index in [1.165, 1.54) is 0 Å². The van der Waals surface area contributed by atoms with E-state index in [-0.39, 0.29) is 30.8 Å². The molecule has 0 aliphatic heterocycles. The Hall–Kier alpha value is -0.990. The van der Waals surface area contributed by atoms with E-state index in [9.17, 15) is 14.4 Å². The minimum Gasteiger partial charge on any atom is -0.303 e. The van der Waals surface area contributed by atoms with E-state index in [1.807, 2.05) is 0 Å². The summed E-state index contributed by atoms with van der Waals surface area (Å²) in [6.07, 6.45) is 1.51. The number of hydrogen-bond acceptors (Lipinski definition) is 3. The third-order valence-electron chi connectivity index (χ3n) is 1.33. The van der Waals surface area contributed by atoms with Crippen LogP contribution in [0.3, 0.4) is 0 Å². The highest BCUT2D eigenvalue weighted by atomic mass is 16.1. The van der Waals surface area contributed by atoms with Crippen LogP contribution < -0.4 is 0 Å². The predicted molar refractivity (Wildman–Crippen MR) is 40.2 cm³/mol. The molecule has 0 atom stereocenters. The number of Topliss-reactive ketones (excluding diaryl/α,β-unsaturated/α-hetero) is 2. The van der Waals surface area contributed by atoms with Gasteiger partial charge < -0.3 is 4.79 Å². The molecule has 0 saturated heterocycles. The summed E-state index contributed by atoms with van der Waals surface area (Å²) in [7, 11) is 0. The number of aldehydes is 1. The molecule has 0 bridgehead atoms. The summed E-state index contributed by atoms with van der Waals surface area (Å²) in [6, 6.07) is 0. The molecule has 0 aromatic rings. The number of rotatable bonds is 6. The van der Waals surface area contributed by atoms with E-state index >= 15 is 0 Å². The Morgan fingerprint density at radius 2 is 1.91 bits per heavy atom. The van der Waals surface area contributed by atoms with E-state index in [4.69, 9.17) is 0 Å². The van der Waals surface area contributed by atoms with Crippen LogP contribution in [-0.4, -0.2) is 17.9 Å². The summed E-state index contributed by atoms with van der Waals surface area (Å²) >= 11 is 0. The van der Waals surface area contributed by atoms with Crippen LogP contribution in [0.5, 0.6) is 0 Å². The molecule has 0 radical (unpaired) electrons. The van der Waals surface area contributed by atoms with Crippen molar-refractivity contribution in [3.63, 3.8) is 0 Å². The van der Waals surface area contributed by atoms with Gasteiger partial charge in [-0.2, -0.15) is 0 Å². The number of carbonyl (C=O) groups is 3. The number of carbonyl (C=O) groups excluding carboxylic acids is 3. The first-order valence-electron chi connectivity index (χ1n) is 3.67. The van der Waals surface area contributed by atoms with Crippen LogP contribution in [0.25, 0.3) is 0 Å². The molecule has 0 amide bonds. The van der Waals surface area contributed by atoms with Crippen molar-refractivity contribution < 1.29 is 14.4 Å². The van der Waals surface area contributed by atoms with E-state index in [0.29, 0.717) is 12.7 Å².